The van der Waals surface area contributed by atoms with Gasteiger partial charge in [0.25, 0.3) is 0 Å². The zero-order chi connectivity index (χ0) is 10.4. The predicted molar refractivity (Wildman–Crippen MR) is 54.2 cm³/mol. The molecule has 0 unspecified atom stereocenters. The number of hydrogen-bond donors (Lipinski definition) is 2. The molecule has 0 heterocycles. The van der Waals surface area contributed by atoms with E-state index in [1.54, 1.807) is 24.3 Å². The van der Waals surface area contributed by atoms with Gasteiger partial charge in [-0.3, -0.25) is 0 Å². The minimum atomic E-state index is -0.928. The van der Waals surface area contributed by atoms with E-state index in [1.165, 1.54) is 0 Å². The summed E-state index contributed by atoms with van der Waals surface area (Å²) in [5, 5.41) is 11.6. The van der Waals surface area contributed by atoms with Crippen LogP contribution in [0.5, 0.6) is 0 Å². The highest BCUT2D eigenvalue weighted by Crippen LogP contribution is 2.03. The van der Waals surface area contributed by atoms with Gasteiger partial charge < -0.3 is 10.4 Å². The lowest BCUT2D eigenvalue weighted by Gasteiger charge is -1.94. The molecular weight excluding hydrogens is 178 g/mol. The fourth-order valence-electron chi connectivity index (χ4n) is 0.965. The monoisotopic (exact) mass is 189 g/mol. The third-order valence-corrected chi connectivity index (χ3v) is 1.61. The van der Waals surface area contributed by atoms with Crippen LogP contribution >= 0.6 is 0 Å². The molecule has 1 rings (SSSR count). The predicted octanol–water partition coefficient (Wildman–Crippen LogP) is 0.956. The summed E-state index contributed by atoms with van der Waals surface area (Å²) >= 11 is 0. The summed E-state index contributed by atoms with van der Waals surface area (Å²) in [4.78, 5) is 10.6. The van der Waals surface area contributed by atoms with Gasteiger partial charge >= 0.3 is 5.97 Å². The molecule has 0 saturated carbocycles. The maximum Gasteiger partial charge on any atom is 0.335 e. The van der Waals surface area contributed by atoms with Crippen molar-refractivity contribution < 1.29 is 9.90 Å². The molecule has 0 saturated heterocycles. The molecule has 2 N–H and O–H groups in total. The van der Waals surface area contributed by atoms with Crippen LogP contribution in [-0.4, -0.2) is 24.7 Å². The second-order valence-electron chi connectivity index (χ2n) is 2.72. The molecule has 3 heteroatoms. The second-order valence-corrected chi connectivity index (χ2v) is 2.72. The number of carboxylic acid groups (broad SMARTS) is 1. The number of carboxylic acids is 1. The number of rotatable bonds is 2. The molecule has 14 heavy (non-hydrogen) atoms. The van der Waals surface area contributed by atoms with E-state index >= 15 is 0 Å². The van der Waals surface area contributed by atoms with Crippen LogP contribution in [0.15, 0.2) is 24.3 Å². The van der Waals surface area contributed by atoms with E-state index in [1.807, 2.05) is 7.05 Å². The van der Waals surface area contributed by atoms with Crippen molar-refractivity contribution in [2.24, 2.45) is 0 Å². The molecule has 0 spiro atoms. The minimum absolute atomic E-state index is 0.265. The van der Waals surface area contributed by atoms with E-state index in [0.717, 1.165) is 5.56 Å². The van der Waals surface area contributed by atoms with Gasteiger partial charge in [0, 0.05) is 5.56 Å². The quantitative estimate of drug-likeness (QED) is 0.681. The minimum Gasteiger partial charge on any atom is -0.478 e. The van der Waals surface area contributed by atoms with Crippen LogP contribution in [0, 0.1) is 11.8 Å². The van der Waals surface area contributed by atoms with Crippen LogP contribution in [0.1, 0.15) is 15.9 Å². The highest BCUT2D eigenvalue weighted by Gasteiger charge is 2.00. The average Bonchev–Trinajstić information content (AvgIpc) is 2.19. The van der Waals surface area contributed by atoms with Crippen LogP contribution in [0.25, 0.3) is 0 Å². The lowest BCUT2D eigenvalue weighted by atomic mass is 10.1. The van der Waals surface area contributed by atoms with Crippen molar-refractivity contribution >= 4 is 5.97 Å². The maximum atomic E-state index is 10.6. The van der Waals surface area contributed by atoms with Gasteiger partial charge in [0.05, 0.1) is 12.1 Å². The molecule has 0 fully saturated rings. The van der Waals surface area contributed by atoms with Crippen LogP contribution in [-0.2, 0) is 0 Å². The van der Waals surface area contributed by atoms with Crippen molar-refractivity contribution in [1.29, 1.82) is 0 Å². The summed E-state index contributed by atoms with van der Waals surface area (Å²) in [6, 6.07) is 6.58. The third-order valence-electron chi connectivity index (χ3n) is 1.61. The van der Waals surface area contributed by atoms with Gasteiger partial charge in [0.1, 0.15) is 0 Å². The first-order valence-electron chi connectivity index (χ1n) is 4.21. The third kappa shape index (κ3) is 2.92. The van der Waals surface area contributed by atoms with Gasteiger partial charge in [-0.15, -0.1) is 0 Å². The Morgan fingerprint density at radius 1 is 1.57 bits per heavy atom. The van der Waals surface area contributed by atoms with Crippen LogP contribution < -0.4 is 5.32 Å². The molecule has 1 aromatic rings. The molecule has 0 aliphatic carbocycles. The van der Waals surface area contributed by atoms with E-state index in [2.05, 4.69) is 17.2 Å². The molecule has 0 atom stereocenters. The topological polar surface area (TPSA) is 49.3 Å². The van der Waals surface area contributed by atoms with Crippen molar-refractivity contribution in [2.75, 3.05) is 13.6 Å². The Bertz CT molecular complexity index is 388. The van der Waals surface area contributed by atoms with E-state index in [0.29, 0.717) is 6.54 Å². The number of nitrogens with one attached hydrogen (secondary N) is 1. The number of carbonyl (C=O) groups is 1. The molecule has 0 bridgehead atoms. The Kier molecular flexibility index (Phi) is 3.71. The van der Waals surface area contributed by atoms with Crippen molar-refractivity contribution in [3.63, 3.8) is 0 Å². The maximum absolute atomic E-state index is 10.6. The Morgan fingerprint density at radius 2 is 2.36 bits per heavy atom. The molecular formula is C11H11NO2. The van der Waals surface area contributed by atoms with E-state index in [4.69, 9.17) is 5.11 Å². The van der Waals surface area contributed by atoms with Gasteiger partial charge in [0.2, 0.25) is 0 Å². The van der Waals surface area contributed by atoms with E-state index in [-0.39, 0.29) is 5.56 Å². The van der Waals surface area contributed by atoms with Crippen molar-refractivity contribution in [2.45, 2.75) is 0 Å². The van der Waals surface area contributed by atoms with E-state index in [9.17, 15) is 4.79 Å². The summed E-state index contributed by atoms with van der Waals surface area (Å²) in [5.74, 6) is 4.80. The van der Waals surface area contributed by atoms with Crippen molar-refractivity contribution in [3.8, 4) is 11.8 Å². The fraction of sp³-hybridized carbons (Fsp3) is 0.182. The molecule has 0 aromatic heterocycles. The fourth-order valence-corrected chi connectivity index (χ4v) is 0.965. The Hall–Kier alpha value is -1.79. The average molecular weight is 189 g/mol. The number of benzene rings is 1. The largest absolute Gasteiger partial charge is 0.478 e. The summed E-state index contributed by atoms with van der Waals surface area (Å²) in [6.07, 6.45) is 0. The first-order chi connectivity index (χ1) is 6.74. The van der Waals surface area contributed by atoms with Crippen LogP contribution in [0.4, 0.5) is 0 Å². The highest BCUT2D eigenvalue weighted by molar-refractivity contribution is 5.87. The lowest BCUT2D eigenvalue weighted by molar-refractivity contribution is 0.0697. The smallest absolute Gasteiger partial charge is 0.335 e. The van der Waals surface area contributed by atoms with Gasteiger partial charge in [-0.2, -0.15) is 0 Å². The van der Waals surface area contributed by atoms with Gasteiger partial charge in [-0.1, -0.05) is 17.9 Å². The Balaban J connectivity index is 2.85. The number of aromatic carboxylic acids is 1. The normalized spacial score (nSPS) is 8.93. The summed E-state index contributed by atoms with van der Waals surface area (Å²) in [7, 11) is 1.81. The summed E-state index contributed by atoms with van der Waals surface area (Å²) < 4.78 is 0. The van der Waals surface area contributed by atoms with Gasteiger partial charge in [0.15, 0.2) is 0 Å². The first-order valence-corrected chi connectivity index (χ1v) is 4.21. The van der Waals surface area contributed by atoms with Crippen molar-refractivity contribution in [1.82, 2.24) is 5.32 Å². The second kappa shape index (κ2) is 5.05. The first kappa shape index (κ1) is 10.3. The standard InChI is InChI=1S/C11H11NO2/c1-12-7-3-5-9-4-2-6-10(8-9)11(13)14/h2,4,6,8,12H,7H2,1H3,(H,13,14). The van der Waals surface area contributed by atoms with Crippen LogP contribution in [0.3, 0.4) is 0 Å². The molecule has 3 nitrogen and oxygen atoms in total. The van der Waals surface area contributed by atoms with Crippen molar-refractivity contribution in [3.05, 3.63) is 35.4 Å². The molecule has 0 aliphatic rings. The van der Waals surface area contributed by atoms with Gasteiger partial charge in [-0.05, 0) is 25.2 Å². The molecule has 1 aromatic carbocycles. The highest BCUT2D eigenvalue weighted by atomic mass is 16.4. The molecule has 0 radical (unpaired) electrons. The van der Waals surface area contributed by atoms with Gasteiger partial charge in [-0.25, -0.2) is 4.79 Å². The lowest BCUT2D eigenvalue weighted by Crippen LogP contribution is -2.04. The Labute approximate surface area is 82.8 Å². The Morgan fingerprint density at radius 3 is 3.00 bits per heavy atom. The van der Waals surface area contributed by atoms with E-state index < -0.39 is 5.97 Å². The summed E-state index contributed by atoms with van der Waals surface area (Å²) in [5.41, 5.74) is 0.987. The molecule has 0 amide bonds. The molecule has 0 aliphatic heterocycles. The zero-order valence-electron chi connectivity index (χ0n) is 7.87. The van der Waals surface area contributed by atoms with Crippen LogP contribution in [0.2, 0.25) is 0 Å². The summed E-state index contributed by atoms with van der Waals surface area (Å²) in [6.45, 7) is 0.595. The zero-order valence-corrected chi connectivity index (χ0v) is 7.87. The molecule has 72 valence electrons. The number of hydrogen-bond acceptors (Lipinski definition) is 2. The SMILES string of the molecule is CNCC#Cc1cccc(C(=O)O)c1.